The molecule has 0 atom stereocenters. The van der Waals surface area contributed by atoms with E-state index in [1.807, 2.05) is 11.0 Å². The molecule has 114 valence electrons. The largest absolute Gasteiger partial charge is 0.466 e. The van der Waals surface area contributed by atoms with Crippen LogP contribution >= 0.6 is 0 Å². The maximum absolute atomic E-state index is 11.5. The van der Waals surface area contributed by atoms with Crippen molar-refractivity contribution in [2.45, 2.75) is 26.2 Å². The van der Waals surface area contributed by atoms with Crippen molar-refractivity contribution in [1.82, 2.24) is 0 Å². The number of nitro groups is 1. The van der Waals surface area contributed by atoms with Gasteiger partial charge in [-0.25, -0.2) is 0 Å². The molecular formula is C15H20N2O4. The number of hydrogen-bond donors (Lipinski definition) is 0. The van der Waals surface area contributed by atoms with Crippen LogP contribution in [0.3, 0.4) is 0 Å². The summed E-state index contributed by atoms with van der Waals surface area (Å²) in [7, 11) is 0. The minimum Gasteiger partial charge on any atom is -0.466 e. The third kappa shape index (κ3) is 3.93. The van der Waals surface area contributed by atoms with Crippen molar-refractivity contribution in [3.8, 4) is 0 Å². The highest BCUT2D eigenvalue weighted by molar-refractivity contribution is 5.69. The molecule has 21 heavy (non-hydrogen) atoms. The topological polar surface area (TPSA) is 72.7 Å². The van der Waals surface area contributed by atoms with Crippen LogP contribution in [0, 0.1) is 16.0 Å². The molecule has 0 unspecified atom stereocenters. The maximum atomic E-state index is 11.5. The van der Waals surface area contributed by atoms with Crippen LogP contribution in [0.4, 0.5) is 11.4 Å². The summed E-state index contributed by atoms with van der Waals surface area (Å²) in [6.07, 6.45) is 2.15. The summed E-state index contributed by atoms with van der Waals surface area (Å²) in [5.74, 6) is 0.157. The summed E-state index contributed by atoms with van der Waals surface area (Å²) in [5, 5.41) is 11.1. The lowest BCUT2D eigenvalue weighted by Gasteiger charge is -2.32. The molecule has 0 amide bonds. The van der Waals surface area contributed by atoms with E-state index in [4.69, 9.17) is 4.74 Å². The minimum atomic E-state index is -0.347. The van der Waals surface area contributed by atoms with Gasteiger partial charge in [-0.2, -0.15) is 0 Å². The third-order valence-corrected chi connectivity index (χ3v) is 3.79. The third-order valence-electron chi connectivity index (χ3n) is 3.79. The number of esters is 1. The zero-order valence-corrected chi connectivity index (χ0v) is 12.2. The number of piperidine rings is 1. The average Bonchev–Trinajstić information content (AvgIpc) is 2.48. The molecule has 1 aliphatic heterocycles. The van der Waals surface area contributed by atoms with E-state index in [0.717, 1.165) is 25.9 Å². The lowest BCUT2D eigenvalue weighted by atomic mass is 9.93. The number of para-hydroxylation sites is 2. The van der Waals surface area contributed by atoms with E-state index in [1.165, 1.54) is 6.07 Å². The number of carbonyl (C=O) groups is 1. The highest BCUT2D eigenvalue weighted by Crippen LogP contribution is 2.31. The van der Waals surface area contributed by atoms with Crippen LogP contribution in [0.5, 0.6) is 0 Å². The van der Waals surface area contributed by atoms with E-state index in [1.54, 1.807) is 19.1 Å². The van der Waals surface area contributed by atoms with Crippen molar-refractivity contribution in [2.24, 2.45) is 5.92 Å². The Morgan fingerprint density at radius 3 is 2.67 bits per heavy atom. The first-order valence-corrected chi connectivity index (χ1v) is 7.25. The Kier molecular flexibility index (Phi) is 5.14. The molecule has 0 aliphatic carbocycles. The number of benzene rings is 1. The molecule has 1 fully saturated rings. The monoisotopic (exact) mass is 292 g/mol. The van der Waals surface area contributed by atoms with Gasteiger partial charge in [-0.05, 0) is 31.7 Å². The number of carbonyl (C=O) groups excluding carboxylic acids is 1. The zero-order valence-electron chi connectivity index (χ0n) is 12.2. The van der Waals surface area contributed by atoms with Crippen molar-refractivity contribution in [1.29, 1.82) is 0 Å². The van der Waals surface area contributed by atoms with Crippen LogP contribution < -0.4 is 4.90 Å². The number of rotatable bonds is 5. The van der Waals surface area contributed by atoms with Gasteiger partial charge in [0.1, 0.15) is 5.69 Å². The zero-order chi connectivity index (χ0) is 15.2. The van der Waals surface area contributed by atoms with E-state index < -0.39 is 0 Å². The predicted octanol–water partition coefficient (Wildman–Crippen LogP) is 2.76. The van der Waals surface area contributed by atoms with Crippen LogP contribution in [0.15, 0.2) is 24.3 Å². The summed E-state index contributed by atoms with van der Waals surface area (Å²) in [4.78, 5) is 24.2. The predicted molar refractivity (Wildman–Crippen MR) is 79.3 cm³/mol. The van der Waals surface area contributed by atoms with Gasteiger partial charge in [-0.3, -0.25) is 14.9 Å². The molecular weight excluding hydrogens is 272 g/mol. The van der Waals surface area contributed by atoms with Gasteiger partial charge in [-0.1, -0.05) is 12.1 Å². The van der Waals surface area contributed by atoms with E-state index in [9.17, 15) is 14.9 Å². The molecule has 1 aromatic carbocycles. The fraction of sp³-hybridized carbons (Fsp3) is 0.533. The van der Waals surface area contributed by atoms with Crippen molar-refractivity contribution < 1.29 is 14.5 Å². The maximum Gasteiger partial charge on any atom is 0.306 e. The Morgan fingerprint density at radius 1 is 1.38 bits per heavy atom. The van der Waals surface area contributed by atoms with E-state index in [-0.39, 0.29) is 16.6 Å². The summed E-state index contributed by atoms with van der Waals surface area (Å²) >= 11 is 0. The second kappa shape index (κ2) is 7.06. The highest BCUT2D eigenvalue weighted by atomic mass is 16.6. The first-order valence-electron chi connectivity index (χ1n) is 7.25. The second-order valence-electron chi connectivity index (χ2n) is 5.19. The molecule has 0 saturated carbocycles. The number of nitrogens with zero attached hydrogens (tertiary/aromatic N) is 2. The molecule has 1 saturated heterocycles. The quantitative estimate of drug-likeness (QED) is 0.474. The smallest absolute Gasteiger partial charge is 0.306 e. The van der Waals surface area contributed by atoms with Gasteiger partial charge in [-0.15, -0.1) is 0 Å². The molecule has 1 aliphatic rings. The standard InChI is InChI=1S/C15H20N2O4/c1-2-21-15(18)11-12-7-9-16(10-8-12)13-5-3-4-6-14(13)17(19)20/h3-6,12H,2,7-11H2,1H3. The van der Waals surface area contributed by atoms with Gasteiger partial charge in [0.15, 0.2) is 0 Å². The summed E-state index contributed by atoms with van der Waals surface area (Å²) in [5.41, 5.74) is 0.804. The van der Waals surface area contributed by atoms with Crippen molar-refractivity contribution >= 4 is 17.3 Å². The Labute approximate surface area is 123 Å². The number of nitro benzene ring substituents is 1. The van der Waals surface area contributed by atoms with Crippen molar-refractivity contribution in [2.75, 3.05) is 24.6 Å². The van der Waals surface area contributed by atoms with Crippen LogP contribution in [-0.2, 0) is 9.53 Å². The van der Waals surface area contributed by atoms with Crippen LogP contribution in [0.1, 0.15) is 26.2 Å². The average molecular weight is 292 g/mol. The number of anilines is 1. The number of hydrogen-bond acceptors (Lipinski definition) is 5. The summed E-state index contributed by atoms with van der Waals surface area (Å²) in [6, 6.07) is 6.80. The minimum absolute atomic E-state index is 0.140. The van der Waals surface area contributed by atoms with Gasteiger partial charge in [0.25, 0.3) is 5.69 Å². The molecule has 6 heteroatoms. The van der Waals surface area contributed by atoms with Gasteiger partial charge >= 0.3 is 5.97 Å². The number of ether oxygens (including phenoxy) is 1. The Hall–Kier alpha value is -2.11. The van der Waals surface area contributed by atoms with Crippen LogP contribution in [-0.4, -0.2) is 30.6 Å². The van der Waals surface area contributed by atoms with E-state index in [0.29, 0.717) is 24.6 Å². The van der Waals surface area contributed by atoms with Gasteiger partial charge in [0.05, 0.1) is 11.5 Å². The first-order chi connectivity index (χ1) is 10.1. The molecule has 1 heterocycles. The Balaban J connectivity index is 1.95. The highest BCUT2D eigenvalue weighted by Gasteiger charge is 2.25. The lowest BCUT2D eigenvalue weighted by molar-refractivity contribution is -0.384. The van der Waals surface area contributed by atoms with Crippen LogP contribution in [0.2, 0.25) is 0 Å². The molecule has 0 radical (unpaired) electrons. The fourth-order valence-electron chi connectivity index (χ4n) is 2.72. The second-order valence-corrected chi connectivity index (χ2v) is 5.19. The van der Waals surface area contributed by atoms with Crippen molar-refractivity contribution in [3.05, 3.63) is 34.4 Å². The summed E-state index contributed by atoms with van der Waals surface area (Å²) < 4.78 is 4.96. The van der Waals surface area contributed by atoms with Gasteiger partial charge in [0, 0.05) is 25.6 Å². The Bertz CT molecular complexity index is 510. The fourth-order valence-corrected chi connectivity index (χ4v) is 2.72. The molecule has 0 aromatic heterocycles. The SMILES string of the molecule is CCOC(=O)CC1CCN(c2ccccc2[N+](=O)[O-])CC1. The Morgan fingerprint density at radius 2 is 2.05 bits per heavy atom. The molecule has 0 spiro atoms. The van der Waals surface area contributed by atoms with E-state index >= 15 is 0 Å². The lowest BCUT2D eigenvalue weighted by Crippen LogP contribution is -2.34. The van der Waals surface area contributed by atoms with Crippen molar-refractivity contribution in [3.63, 3.8) is 0 Å². The van der Waals surface area contributed by atoms with Gasteiger partial charge in [0.2, 0.25) is 0 Å². The molecule has 2 rings (SSSR count). The first kappa shape index (κ1) is 15.3. The molecule has 6 nitrogen and oxygen atoms in total. The molecule has 0 bridgehead atoms. The molecule has 0 N–H and O–H groups in total. The van der Waals surface area contributed by atoms with Crippen LogP contribution in [0.25, 0.3) is 0 Å². The summed E-state index contributed by atoms with van der Waals surface area (Å²) in [6.45, 7) is 3.67. The van der Waals surface area contributed by atoms with E-state index in [2.05, 4.69) is 0 Å². The normalized spacial score (nSPS) is 15.8. The molecule has 1 aromatic rings. The van der Waals surface area contributed by atoms with Gasteiger partial charge < -0.3 is 9.64 Å².